The predicted octanol–water partition coefficient (Wildman–Crippen LogP) is 1.89. The third kappa shape index (κ3) is 3.32. The Morgan fingerprint density at radius 3 is 2.65 bits per heavy atom. The van der Waals surface area contributed by atoms with Crippen LogP contribution in [0.25, 0.3) is 0 Å². The number of hydrogen-bond donors (Lipinski definition) is 1. The Labute approximate surface area is 159 Å². The SMILES string of the molecule is O=C(C1CCCCN1S(=O)(=O)c1cccs1)N1CCC2(CCNC2)CC1. The van der Waals surface area contributed by atoms with E-state index in [4.69, 9.17) is 0 Å². The lowest BCUT2D eigenvalue weighted by Gasteiger charge is -2.42. The van der Waals surface area contributed by atoms with Gasteiger partial charge in [-0.25, -0.2) is 8.42 Å². The van der Waals surface area contributed by atoms with E-state index in [0.717, 1.165) is 51.9 Å². The molecule has 0 aliphatic carbocycles. The van der Waals surface area contributed by atoms with Crippen molar-refractivity contribution in [3.05, 3.63) is 17.5 Å². The second kappa shape index (κ2) is 7.22. The number of carbonyl (C=O) groups excluding carboxylic acids is 1. The largest absolute Gasteiger partial charge is 0.341 e. The molecule has 1 amide bonds. The summed E-state index contributed by atoms with van der Waals surface area (Å²) in [6.45, 7) is 4.08. The van der Waals surface area contributed by atoms with E-state index in [1.165, 1.54) is 22.1 Å². The molecule has 26 heavy (non-hydrogen) atoms. The first kappa shape index (κ1) is 18.4. The molecule has 1 N–H and O–H groups in total. The van der Waals surface area contributed by atoms with E-state index in [9.17, 15) is 13.2 Å². The van der Waals surface area contributed by atoms with Crippen LogP contribution in [0.4, 0.5) is 0 Å². The van der Waals surface area contributed by atoms with Crippen LogP contribution in [0.1, 0.15) is 38.5 Å². The van der Waals surface area contributed by atoms with Crippen LogP contribution in [0, 0.1) is 5.41 Å². The lowest BCUT2D eigenvalue weighted by Crippen LogP contribution is -2.55. The molecule has 8 heteroatoms. The monoisotopic (exact) mass is 397 g/mol. The predicted molar refractivity (Wildman–Crippen MR) is 102 cm³/mol. The Hall–Kier alpha value is -0.960. The molecule has 0 saturated carbocycles. The van der Waals surface area contributed by atoms with Crippen molar-refractivity contribution in [2.45, 2.75) is 48.8 Å². The molecule has 6 nitrogen and oxygen atoms in total. The van der Waals surface area contributed by atoms with Gasteiger partial charge in [-0.3, -0.25) is 4.79 Å². The van der Waals surface area contributed by atoms with Gasteiger partial charge in [0.05, 0.1) is 0 Å². The summed E-state index contributed by atoms with van der Waals surface area (Å²) in [7, 11) is -3.58. The molecule has 1 atom stereocenters. The summed E-state index contributed by atoms with van der Waals surface area (Å²) in [6.07, 6.45) is 5.61. The second-order valence-electron chi connectivity index (χ2n) is 7.81. The minimum atomic E-state index is -3.58. The van der Waals surface area contributed by atoms with E-state index in [0.29, 0.717) is 22.6 Å². The molecule has 1 spiro atoms. The summed E-state index contributed by atoms with van der Waals surface area (Å²) in [5.41, 5.74) is 0.353. The van der Waals surface area contributed by atoms with Crippen LogP contribution in [0.5, 0.6) is 0 Å². The highest BCUT2D eigenvalue weighted by atomic mass is 32.2. The van der Waals surface area contributed by atoms with E-state index in [-0.39, 0.29) is 5.91 Å². The van der Waals surface area contributed by atoms with Crippen LogP contribution in [-0.2, 0) is 14.8 Å². The van der Waals surface area contributed by atoms with Gasteiger partial charge in [0.2, 0.25) is 5.91 Å². The number of sulfonamides is 1. The quantitative estimate of drug-likeness (QED) is 0.846. The summed E-state index contributed by atoms with van der Waals surface area (Å²) in [4.78, 5) is 15.1. The fourth-order valence-electron chi connectivity index (χ4n) is 4.60. The molecule has 4 heterocycles. The summed E-state index contributed by atoms with van der Waals surface area (Å²) in [6, 6.07) is 2.85. The smallest absolute Gasteiger partial charge is 0.253 e. The van der Waals surface area contributed by atoms with Crippen molar-refractivity contribution >= 4 is 27.3 Å². The molecule has 3 aliphatic rings. The first-order valence-corrected chi connectivity index (χ1v) is 11.9. The summed E-state index contributed by atoms with van der Waals surface area (Å²) < 4.78 is 27.8. The second-order valence-corrected chi connectivity index (χ2v) is 10.9. The first-order chi connectivity index (χ1) is 12.5. The molecular formula is C18H27N3O3S2. The van der Waals surface area contributed by atoms with Gasteiger partial charge in [-0.15, -0.1) is 11.3 Å². The van der Waals surface area contributed by atoms with E-state index >= 15 is 0 Å². The average molecular weight is 398 g/mol. The van der Waals surface area contributed by atoms with Gasteiger partial charge < -0.3 is 10.2 Å². The van der Waals surface area contributed by atoms with Crippen molar-refractivity contribution in [2.75, 3.05) is 32.7 Å². The van der Waals surface area contributed by atoms with Crippen LogP contribution >= 0.6 is 11.3 Å². The zero-order chi connectivity index (χ0) is 18.2. The number of nitrogens with one attached hydrogen (secondary N) is 1. The fraction of sp³-hybridized carbons (Fsp3) is 0.722. The van der Waals surface area contributed by atoms with Gasteiger partial charge in [-0.2, -0.15) is 4.31 Å². The van der Waals surface area contributed by atoms with Crippen LogP contribution in [0.2, 0.25) is 0 Å². The van der Waals surface area contributed by atoms with Gasteiger partial charge in [-0.1, -0.05) is 12.5 Å². The van der Waals surface area contributed by atoms with Crippen molar-refractivity contribution in [1.82, 2.24) is 14.5 Å². The minimum Gasteiger partial charge on any atom is -0.341 e. The highest BCUT2D eigenvalue weighted by molar-refractivity contribution is 7.91. The van der Waals surface area contributed by atoms with Crippen LogP contribution in [-0.4, -0.2) is 62.3 Å². The van der Waals surface area contributed by atoms with Gasteiger partial charge in [0.15, 0.2) is 0 Å². The molecule has 3 saturated heterocycles. The molecule has 0 radical (unpaired) electrons. The number of thiophene rings is 1. The number of carbonyl (C=O) groups is 1. The van der Waals surface area contributed by atoms with Crippen LogP contribution < -0.4 is 5.32 Å². The van der Waals surface area contributed by atoms with E-state index in [1.54, 1.807) is 17.5 Å². The standard InChI is InChI=1S/C18H27N3O3S2/c22-17(20-11-7-18(8-12-20)6-9-19-14-18)15-4-1-2-10-21(15)26(23,24)16-5-3-13-25-16/h3,5,13,15,19H,1-2,4,6-12,14H2. The van der Waals surface area contributed by atoms with Crippen molar-refractivity contribution in [1.29, 1.82) is 0 Å². The Kier molecular flexibility index (Phi) is 5.11. The number of hydrogen-bond acceptors (Lipinski definition) is 5. The molecule has 1 aromatic heterocycles. The van der Waals surface area contributed by atoms with E-state index in [2.05, 4.69) is 5.32 Å². The maximum atomic E-state index is 13.2. The summed E-state index contributed by atoms with van der Waals surface area (Å²) in [5.74, 6) is 0.00522. The number of nitrogens with zero attached hydrogens (tertiary/aromatic N) is 2. The van der Waals surface area contributed by atoms with E-state index in [1.807, 2.05) is 4.90 Å². The minimum absolute atomic E-state index is 0.00522. The average Bonchev–Trinajstić information content (AvgIpc) is 3.35. The maximum absolute atomic E-state index is 13.2. The topological polar surface area (TPSA) is 69.7 Å². The fourth-order valence-corrected chi connectivity index (χ4v) is 7.37. The number of rotatable bonds is 3. The Bertz CT molecular complexity index is 732. The van der Waals surface area contributed by atoms with Crippen molar-refractivity contribution < 1.29 is 13.2 Å². The maximum Gasteiger partial charge on any atom is 0.253 e. The molecule has 1 unspecified atom stereocenters. The zero-order valence-corrected chi connectivity index (χ0v) is 16.7. The van der Waals surface area contributed by atoms with Gasteiger partial charge in [0.25, 0.3) is 10.0 Å². The Morgan fingerprint density at radius 1 is 1.19 bits per heavy atom. The molecule has 3 fully saturated rings. The van der Waals surface area contributed by atoms with Crippen molar-refractivity contribution in [3.63, 3.8) is 0 Å². The molecule has 1 aromatic rings. The van der Waals surface area contributed by atoms with Crippen molar-refractivity contribution in [3.8, 4) is 0 Å². The number of piperidine rings is 2. The van der Waals surface area contributed by atoms with Gasteiger partial charge >= 0.3 is 0 Å². The van der Waals surface area contributed by atoms with Gasteiger partial charge in [0.1, 0.15) is 10.3 Å². The van der Waals surface area contributed by atoms with E-state index < -0.39 is 16.1 Å². The van der Waals surface area contributed by atoms with Crippen LogP contribution in [0.15, 0.2) is 21.7 Å². The highest BCUT2D eigenvalue weighted by Crippen LogP contribution is 2.38. The number of amides is 1. The zero-order valence-electron chi connectivity index (χ0n) is 15.0. The molecule has 0 aromatic carbocycles. The van der Waals surface area contributed by atoms with Crippen LogP contribution in [0.3, 0.4) is 0 Å². The first-order valence-electron chi connectivity index (χ1n) is 9.57. The molecular weight excluding hydrogens is 370 g/mol. The van der Waals surface area contributed by atoms with Gasteiger partial charge in [-0.05, 0) is 55.5 Å². The lowest BCUT2D eigenvalue weighted by molar-refractivity contribution is -0.138. The third-order valence-corrected chi connectivity index (χ3v) is 9.55. The third-order valence-electron chi connectivity index (χ3n) is 6.26. The molecule has 3 aliphatic heterocycles. The Morgan fingerprint density at radius 2 is 2.00 bits per heavy atom. The molecule has 144 valence electrons. The van der Waals surface area contributed by atoms with Crippen molar-refractivity contribution in [2.24, 2.45) is 5.41 Å². The summed E-state index contributed by atoms with van der Waals surface area (Å²) in [5, 5.41) is 5.21. The number of likely N-dealkylation sites (tertiary alicyclic amines) is 1. The molecule has 4 rings (SSSR count). The highest BCUT2D eigenvalue weighted by Gasteiger charge is 2.43. The normalized spacial score (nSPS) is 27.1. The summed E-state index contributed by atoms with van der Waals surface area (Å²) >= 11 is 1.22. The molecule has 0 bridgehead atoms. The van der Waals surface area contributed by atoms with Gasteiger partial charge in [0, 0.05) is 26.2 Å². The Balaban J connectivity index is 1.49. The lowest BCUT2D eigenvalue weighted by atomic mass is 9.77.